The molecular weight excluding hydrogens is 318 g/mol. The third-order valence-corrected chi connectivity index (χ3v) is 4.03. The molecule has 0 aliphatic carbocycles. The molecule has 8 heteroatoms. The van der Waals surface area contributed by atoms with E-state index in [0.717, 1.165) is 12.0 Å². The van der Waals surface area contributed by atoms with E-state index in [4.69, 9.17) is 9.63 Å². The number of aromatic nitrogens is 2. The second-order valence-electron chi connectivity index (χ2n) is 5.15. The van der Waals surface area contributed by atoms with E-state index >= 15 is 0 Å². The Morgan fingerprint density at radius 2 is 2.30 bits per heavy atom. The Balaban J connectivity index is 1.77. The van der Waals surface area contributed by atoms with Gasteiger partial charge in [0.1, 0.15) is 0 Å². The van der Waals surface area contributed by atoms with Crippen LogP contribution in [-0.2, 0) is 16.0 Å². The molecule has 0 aliphatic heterocycles. The fourth-order valence-electron chi connectivity index (χ4n) is 2.07. The third-order valence-electron chi connectivity index (χ3n) is 3.35. The summed E-state index contributed by atoms with van der Waals surface area (Å²) in [7, 11) is 0. The number of rotatable bonds is 9. The predicted molar refractivity (Wildman–Crippen MR) is 85.0 cm³/mol. The fraction of sp³-hybridized carbons (Fsp3) is 0.467. The Morgan fingerprint density at radius 1 is 1.48 bits per heavy atom. The van der Waals surface area contributed by atoms with Gasteiger partial charge in [0.05, 0.1) is 5.92 Å². The molecule has 0 aliphatic rings. The Labute approximate surface area is 137 Å². The summed E-state index contributed by atoms with van der Waals surface area (Å²) in [6.07, 6.45) is 1.82. The van der Waals surface area contributed by atoms with Gasteiger partial charge in [-0.25, -0.2) is 0 Å². The maximum atomic E-state index is 11.8. The third kappa shape index (κ3) is 5.17. The number of hydrogen-bond acceptors (Lipinski definition) is 6. The molecule has 0 bridgehead atoms. The number of carbonyl (C=O) groups is 2. The molecule has 0 aromatic carbocycles. The molecule has 0 spiro atoms. The van der Waals surface area contributed by atoms with Crippen LogP contribution in [0.5, 0.6) is 0 Å². The van der Waals surface area contributed by atoms with Crippen LogP contribution in [0.3, 0.4) is 0 Å². The van der Waals surface area contributed by atoms with E-state index in [1.807, 2.05) is 23.8 Å². The van der Waals surface area contributed by atoms with Crippen LogP contribution in [0.25, 0.3) is 11.4 Å². The van der Waals surface area contributed by atoms with Crippen molar-refractivity contribution in [1.29, 1.82) is 0 Å². The van der Waals surface area contributed by atoms with Crippen molar-refractivity contribution in [1.82, 2.24) is 15.5 Å². The summed E-state index contributed by atoms with van der Waals surface area (Å²) in [6, 6.07) is 1.89. The minimum atomic E-state index is -0.885. The second-order valence-corrected chi connectivity index (χ2v) is 5.93. The SMILES string of the molecule is CCCC(CNC(=O)CCc1nc(-c2ccsc2)no1)C(=O)O. The van der Waals surface area contributed by atoms with Gasteiger partial charge in [0, 0.05) is 30.3 Å². The largest absolute Gasteiger partial charge is 0.481 e. The molecule has 2 N–H and O–H groups in total. The summed E-state index contributed by atoms with van der Waals surface area (Å²) in [5.74, 6) is -0.745. The average Bonchev–Trinajstić information content (AvgIpc) is 3.19. The summed E-state index contributed by atoms with van der Waals surface area (Å²) >= 11 is 1.54. The van der Waals surface area contributed by atoms with Gasteiger partial charge in [-0.2, -0.15) is 16.3 Å². The topological polar surface area (TPSA) is 105 Å². The van der Waals surface area contributed by atoms with Crippen molar-refractivity contribution in [2.75, 3.05) is 6.54 Å². The summed E-state index contributed by atoms with van der Waals surface area (Å²) < 4.78 is 5.11. The zero-order valence-corrected chi connectivity index (χ0v) is 13.6. The number of carbonyl (C=O) groups excluding carboxylic acids is 1. The molecule has 0 fully saturated rings. The Bertz CT molecular complexity index is 639. The molecule has 2 rings (SSSR count). The number of amides is 1. The van der Waals surface area contributed by atoms with Crippen LogP contribution in [0.4, 0.5) is 0 Å². The zero-order valence-electron chi connectivity index (χ0n) is 12.8. The molecule has 1 amide bonds. The van der Waals surface area contributed by atoms with Gasteiger partial charge in [-0.1, -0.05) is 18.5 Å². The molecule has 7 nitrogen and oxygen atoms in total. The maximum absolute atomic E-state index is 11.8. The predicted octanol–water partition coefficient (Wildman–Crippen LogP) is 2.35. The number of carboxylic acids is 1. The molecule has 2 heterocycles. The summed E-state index contributed by atoms with van der Waals surface area (Å²) in [4.78, 5) is 27.0. The van der Waals surface area contributed by atoms with E-state index in [1.165, 1.54) is 0 Å². The van der Waals surface area contributed by atoms with Gasteiger partial charge in [0.25, 0.3) is 0 Å². The molecule has 0 saturated heterocycles. The molecule has 0 radical (unpaired) electrons. The summed E-state index contributed by atoms with van der Waals surface area (Å²) in [5.41, 5.74) is 0.887. The molecule has 23 heavy (non-hydrogen) atoms. The van der Waals surface area contributed by atoms with Crippen LogP contribution in [0.2, 0.25) is 0 Å². The van der Waals surface area contributed by atoms with E-state index in [1.54, 1.807) is 11.3 Å². The molecule has 1 unspecified atom stereocenters. The quantitative estimate of drug-likeness (QED) is 0.727. The lowest BCUT2D eigenvalue weighted by Crippen LogP contribution is -2.33. The fourth-order valence-corrected chi connectivity index (χ4v) is 2.71. The number of thiophene rings is 1. The first-order chi connectivity index (χ1) is 11.1. The van der Waals surface area contributed by atoms with Crippen molar-refractivity contribution in [3.63, 3.8) is 0 Å². The highest BCUT2D eigenvalue weighted by Crippen LogP contribution is 2.18. The van der Waals surface area contributed by atoms with Crippen molar-refractivity contribution in [2.24, 2.45) is 5.92 Å². The smallest absolute Gasteiger partial charge is 0.308 e. The van der Waals surface area contributed by atoms with E-state index in [0.29, 0.717) is 24.6 Å². The zero-order chi connectivity index (χ0) is 16.7. The lowest BCUT2D eigenvalue weighted by Gasteiger charge is -2.11. The average molecular weight is 337 g/mol. The Morgan fingerprint density at radius 3 is 2.96 bits per heavy atom. The van der Waals surface area contributed by atoms with Crippen LogP contribution in [0, 0.1) is 5.92 Å². The van der Waals surface area contributed by atoms with Gasteiger partial charge in [0.2, 0.25) is 17.6 Å². The molecular formula is C15H19N3O4S. The number of aryl methyl sites for hydroxylation is 1. The second kappa shape index (κ2) is 8.42. The molecule has 2 aromatic heterocycles. The number of nitrogens with one attached hydrogen (secondary N) is 1. The van der Waals surface area contributed by atoms with E-state index in [-0.39, 0.29) is 18.9 Å². The van der Waals surface area contributed by atoms with Gasteiger partial charge in [-0.05, 0) is 17.9 Å². The normalized spacial score (nSPS) is 12.0. The van der Waals surface area contributed by atoms with Gasteiger partial charge in [-0.15, -0.1) is 0 Å². The highest BCUT2D eigenvalue weighted by atomic mass is 32.1. The Hall–Kier alpha value is -2.22. The standard InChI is InChI=1S/C15H19N3O4S/c1-2-3-10(15(20)21)8-16-12(19)4-5-13-17-14(18-22-13)11-6-7-23-9-11/h6-7,9-10H,2-5,8H2,1H3,(H,16,19)(H,20,21). The summed E-state index contributed by atoms with van der Waals surface area (Å²) in [6.45, 7) is 2.06. The van der Waals surface area contributed by atoms with Crippen molar-refractivity contribution in [2.45, 2.75) is 32.6 Å². The highest BCUT2D eigenvalue weighted by molar-refractivity contribution is 7.08. The van der Waals surface area contributed by atoms with E-state index in [9.17, 15) is 9.59 Å². The van der Waals surface area contributed by atoms with E-state index < -0.39 is 11.9 Å². The summed E-state index contributed by atoms with van der Waals surface area (Å²) in [5, 5.41) is 19.4. The first-order valence-electron chi connectivity index (χ1n) is 7.44. The first kappa shape index (κ1) is 17.1. The molecule has 2 aromatic rings. The van der Waals surface area contributed by atoms with Gasteiger partial charge in [0.15, 0.2) is 0 Å². The van der Waals surface area contributed by atoms with Crippen molar-refractivity contribution >= 4 is 23.2 Å². The molecule has 124 valence electrons. The van der Waals surface area contributed by atoms with Crippen LogP contribution < -0.4 is 5.32 Å². The number of hydrogen-bond donors (Lipinski definition) is 2. The minimum Gasteiger partial charge on any atom is -0.481 e. The lowest BCUT2D eigenvalue weighted by molar-refractivity contribution is -0.141. The van der Waals surface area contributed by atoms with Crippen LogP contribution >= 0.6 is 11.3 Å². The maximum Gasteiger partial charge on any atom is 0.308 e. The first-order valence-corrected chi connectivity index (χ1v) is 8.39. The van der Waals surface area contributed by atoms with Crippen LogP contribution in [-0.4, -0.2) is 33.7 Å². The van der Waals surface area contributed by atoms with Gasteiger partial charge >= 0.3 is 5.97 Å². The number of nitrogens with zero attached hydrogens (tertiary/aromatic N) is 2. The van der Waals surface area contributed by atoms with Gasteiger partial charge < -0.3 is 14.9 Å². The molecule has 1 atom stereocenters. The highest BCUT2D eigenvalue weighted by Gasteiger charge is 2.17. The van der Waals surface area contributed by atoms with Gasteiger partial charge in [-0.3, -0.25) is 9.59 Å². The van der Waals surface area contributed by atoms with Crippen molar-refractivity contribution < 1.29 is 19.2 Å². The van der Waals surface area contributed by atoms with Crippen molar-refractivity contribution in [3.05, 3.63) is 22.7 Å². The number of aliphatic carboxylic acids is 1. The molecule has 0 saturated carbocycles. The lowest BCUT2D eigenvalue weighted by atomic mass is 10.0. The monoisotopic (exact) mass is 337 g/mol. The number of carboxylic acid groups (broad SMARTS) is 1. The van der Waals surface area contributed by atoms with Crippen molar-refractivity contribution in [3.8, 4) is 11.4 Å². The Kier molecular flexibility index (Phi) is 6.28. The van der Waals surface area contributed by atoms with Crippen LogP contribution in [0.1, 0.15) is 32.1 Å². The minimum absolute atomic E-state index is 0.145. The van der Waals surface area contributed by atoms with E-state index in [2.05, 4.69) is 15.5 Å². The van der Waals surface area contributed by atoms with Crippen LogP contribution in [0.15, 0.2) is 21.3 Å².